The van der Waals surface area contributed by atoms with E-state index in [0.717, 1.165) is 25.5 Å². The molecule has 0 aliphatic carbocycles. The number of likely N-dealkylation sites (tertiary alicyclic amines) is 1. The van der Waals surface area contributed by atoms with Crippen molar-refractivity contribution >= 4 is 0 Å². The van der Waals surface area contributed by atoms with Crippen molar-refractivity contribution in [3.8, 4) is 0 Å². The van der Waals surface area contributed by atoms with Crippen LogP contribution in [-0.4, -0.2) is 45.8 Å². The summed E-state index contributed by atoms with van der Waals surface area (Å²) < 4.78 is 2.05. The van der Waals surface area contributed by atoms with E-state index in [1.165, 1.54) is 19.4 Å². The molecule has 0 amide bonds. The Morgan fingerprint density at radius 2 is 2.33 bits per heavy atom. The maximum absolute atomic E-state index is 4.40. The number of rotatable bonds is 5. The third-order valence-electron chi connectivity index (χ3n) is 3.51. The lowest BCUT2D eigenvalue weighted by atomic mass is 10.1. The quantitative estimate of drug-likeness (QED) is 0.852. The topological polar surface area (TPSA) is 46.0 Å². The summed E-state index contributed by atoms with van der Waals surface area (Å²) in [6, 6.07) is 0.625. The van der Waals surface area contributed by atoms with Gasteiger partial charge in [-0.2, -0.15) is 5.10 Å². The molecule has 1 saturated heterocycles. The van der Waals surface area contributed by atoms with Crippen LogP contribution in [0.25, 0.3) is 0 Å². The molecule has 1 aromatic rings. The van der Waals surface area contributed by atoms with Gasteiger partial charge >= 0.3 is 0 Å². The Morgan fingerprint density at radius 1 is 1.50 bits per heavy atom. The summed E-state index contributed by atoms with van der Waals surface area (Å²) in [4.78, 5) is 6.88. The first-order valence-electron chi connectivity index (χ1n) is 6.95. The lowest BCUT2D eigenvalue weighted by molar-refractivity contribution is 0.180. The molecule has 1 aliphatic heterocycles. The van der Waals surface area contributed by atoms with Crippen LogP contribution in [0.3, 0.4) is 0 Å². The zero-order chi connectivity index (χ0) is 13.0. The normalized spacial score (nSPS) is 21.7. The third kappa shape index (κ3) is 3.53. The maximum Gasteiger partial charge on any atom is 0.141 e. The number of piperidine rings is 1. The van der Waals surface area contributed by atoms with Crippen LogP contribution >= 0.6 is 0 Å². The first-order valence-corrected chi connectivity index (χ1v) is 6.95. The molecule has 0 aromatic carbocycles. The monoisotopic (exact) mass is 251 g/mol. The van der Waals surface area contributed by atoms with Gasteiger partial charge in [0.25, 0.3) is 0 Å². The second-order valence-corrected chi connectivity index (χ2v) is 5.62. The molecule has 2 heterocycles. The van der Waals surface area contributed by atoms with E-state index in [2.05, 4.69) is 41.2 Å². The summed E-state index contributed by atoms with van der Waals surface area (Å²) in [5.74, 6) is 1.71. The van der Waals surface area contributed by atoms with Crippen molar-refractivity contribution in [2.75, 3.05) is 20.1 Å². The molecular weight excluding hydrogens is 226 g/mol. The van der Waals surface area contributed by atoms with Gasteiger partial charge in [0.15, 0.2) is 0 Å². The first kappa shape index (κ1) is 13.5. The van der Waals surface area contributed by atoms with E-state index in [9.17, 15) is 0 Å². The Labute approximate surface area is 110 Å². The molecular formula is C13H25N5. The number of hydrogen-bond donors (Lipinski definition) is 1. The van der Waals surface area contributed by atoms with Gasteiger partial charge in [0, 0.05) is 19.1 Å². The van der Waals surface area contributed by atoms with Gasteiger partial charge < -0.3 is 5.32 Å². The fourth-order valence-electron chi connectivity index (χ4n) is 2.54. The van der Waals surface area contributed by atoms with Crippen molar-refractivity contribution in [1.29, 1.82) is 0 Å². The van der Waals surface area contributed by atoms with Crippen LogP contribution in [0, 0.1) is 5.92 Å². The van der Waals surface area contributed by atoms with Gasteiger partial charge in [-0.15, -0.1) is 0 Å². The van der Waals surface area contributed by atoms with Crippen LogP contribution in [0.4, 0.5) is 0 Å². The molecule has 1 unspecified atom stereocenters. The smallest absolute Gasteiger partial charge is 0.141 e. The Morgan fingerprint density at radius 3 is 3.06 bits per heavy atom. The molecule has 1 aliphatic rings. The average molecular weight is 251 g/mol. The van der Waals surface area contributed by atoms with Crippen molar-refractivity contribution in [3.63, 3.8) is 0 Å². The summed E-state index contributed by atoms with van der Waals surface area (Å²) in [5.41, 5.74) is 0. The van der Waals surface area contributed by atoms with Gasteiger partial charge in [0.1, 0.15) is 12.2 Å². The molecule has 2 rings (SSSR count). The summed E-state index contributed by atoms with van der Waals surface area (Å²) >= 11 is 0. The molecule has 1 atom stereocenters. The Hall–Kier alpha value is -0.940. The summed E-state index contributed by atoms with van der Waals surface area (Å²) in [5, 5.41) is 7.70. The van der Waals surface area contributed by atoms with Crippen molar-refractivity contribution < 1.29 is 0 Å². The molecule has 0 radical (unpaired) electrons. The molecule has 0 saturated carbocycles. The lowest BCUT2D eigenvalue weighted by Crippen LogP contribution is -2.44. The lowest BCUT2D eigenvalue weighted by Gasteiger charge is -2.32. The van der Waals surface area contributed by atoms with Crippen LogP contribution in [-0.2, 0) is 13.1 Å². The molecule has 5 heteroatoms. The molecule has 0 spiro atoms. The van der Waals surface area contributed by atoms with E-state index >= 15 is 0 Å². The number of nitrogens with zero attached hydrogens (tertiary/aromatic N) is 4. The van der Waals surface area contributed by atoms with E-state index in [0.29, 0.717) is 12.0 Å². The van der Waals surface area contributed by atoms with Gasteiger partial charge in [-0.3, -0.25) is 4.90 Å². The van der Waals surface area contributed by atoms with Crippen LogP contribution in [0.15, 0.2) is 6.33 Å². The fraction of sp³-hybridized carbons (Fsp3) is 0.846. The zero-order valence-electron chi connectivity index (χ0n) is 11.8. The van der Waals surface area contributed by atoms with Crippen molar-refractivity contribution in [2.24, 2.45) is 5.92 Å². The maximum atomic E-state index is 4.40. The van der Waals surface area contributed by atoms with Gasteiger partial charge in [-0.1, -0.05) is 13.8 Å². The van der Waals surface area contributed by atoms with Crippen LogP contribution in [0.2, 0.25) is 0 Å². The number of likely N-dealkylation sites (N-methyl/N-ethyl adjacent to an activating group) is 1. The Kier molecular flexibility index (Phi) is 4.72. The molecule has 5 nitrogen and oxygen atoms in total. The Bertz CT molecular complexity index is 360. The predicted octanol–water partition coefficient (Wildman–Crippen LogP) is 1.12. The molecule has 18 heavy (non-hydrogen) atoms. The van der Waals surface area contributed by atoms with Crippen LogP contribution in [0.1, 0.15) is 32.5 Å². The molecule has 1 aromatic heterocycles. The molecule has 1 fully saturated rings. The first-order chi connectivity index (χ1) is 8.69. The van der Waals surface area contributed by atoms with Gasteiger partial charge in [-0.25, -0.2) is 9.67 Å². The highest BCUT2D eigenvalue weighted by Crippen LogP contribution is 2.13. The second-order valence-electron chi connectivity index (χ2n) is 5.62. The van der Waals surface area contributed by atoms with E-state index in [1.807, 2.05) is 4.68 Å². The van der Waals surface area contributed by atoms with Crippen LogP contribution < -0.4 is 5.32 Å². The van der Waals surface area contributed by atoms with Gasteiger partial charge in [0.2, 0.25) is 0 Å². The third-order valence-corrected chi connectivity index (χ3v) is 3.51. The highest BCUT2D eigenvalue weighted by Gasteiger charge is 2.20. The highest BCUT2D eigenvalue weighted by molar-refractivity contribution is 4.87. The average Bonchev–Trinajstić information content (AvgIpc) is 2.76. The van der Waals surface area contributed by atoms with Crippen molar-refractivity contribution in [2.45, 2.75) is 45.8 Å². The van der Waals surface area contributed by atoms with E-state index in [4.69, 9.17) is 0 Å². The summed E-state index contributed by atoms with van der Waals surface area (Å²) in [7, 11) is 2.05. The van der Waals surface area contributed by atoms with Crippen molar-refractivity contribution in [1.82, 2.24) is 25.0 Å². The number of hydrogen-bond acceptors (Lipinski definition) is 4. The highest BCUT2D eigenvalue weighted by atomic mass is 15.3. The zero-order valence-corrected chi connectivity index (χ0v) is 11.8. The standard InChI is InChI=1S/C13H25N5/c1-11(2)7-18-13(15-10-16-18)9-17-6-4-5-12(8-17)14-3/h10-12,14H,4-9H2,1-3H3. The largest absolute Gasteiger partial charge is 0.316 e. The number of aromatic nitrogens is 3. The van der Waals surface area contributed by atoms with Gasteiger partial charge in [0.05, 0.1) is 6.54 Å². The summed E-state index contributed by atoms with van der Waals surface area (Å²) in [6.45, 7) is 8.59. The van der Waals surface area contributed by atoms with E-state index in [-0.39, 0.29) is 0 Å². The minimum Gasteiger partial charge on any atom is -0.316 e. The minimum absolute atomic E-state index is 0.608. The van der Waals surface area contributed by atoms with Gasteiger partial charge in [-0.05, 0) is 32.4 Å². The SMILES string of the molecule is CNC1CCCN(Cc2ncnn2CC(C)C)C1. The fourth-order valence-corrected chi connectivity index (χ4v) is 2.54. The van der Waals surface area contributed by atoms with E-state index < -0.39 is 0 Å². The summed E-state index contributed by atoms with van der Waals surface area (Å²) in [6.07, 6.45) is 4.23. The molecule has 0 bridgehead atoms. The predicted molar refractivity (Wildman–Crippen MR) is 72.2 cm³/mol. The molecule has 102 valence electrons. The second kappa shape index (κ2) is 6.29. The molecule has 1 N–H and O–H groups in total. The van der Waals surface area contributed by atoms with E-state index in [1.54, 1.807) is 6.33 Å². The number of nitrogens with one attached hydrogen (secondary N) is 1. The van der Waals surface area contributed by atoms with Crippen molar-refractivity contribution in [3.05, 3.63) is 12.2 Å². The Balaban J connectivity index is 1.94. The van der Waals surface area contributed by atoms with Crippen LogP contribution in [0.5, 0.6) is 0 Å². The minimum atomic E-state index is 0.608.